The molecule has 19 heavy (non-hydrogen) atoms. The van der Waals surface area contributed by atoms with Crippen LogP contribution in [0.2, 0.25) is 5.02 Å². The Morgan fingerprint density at radius 2 is 2.00 bits per heavy atom. The molecule has 0 aromatic heterocycles. The third-order valence-corrected chi connectivity index (χ3v) is 3.70. The van der Waals surface area contributed by atoms with E-state index in [1.807, 2.05) is 18.2 Å². The Balaban J connectivity index is 2.57. The van der Waals surface area contributed by atoms with Gasteiger partial charge in [-0.2, -0.15) is 0 Å². The molecule has 4 heteroatoms. The molecule has 1 atom stereocenters. The number of likely N-dealkylation sites (N-methyl/N-ethyl adjacent to an activating group) is 1. The van der Waals surface area contributed by atoms with Gasteiger partial charge in [-0.1, -0.05) is 31.5 Å². The van der Waals surface area contributed by atoms with Crippen LogP contribution in [0.5, 0.6) is 5.75 Å². The second kappa shape index (κ2) is 8.41. The van der Waals surface area contributed by atoms with Crippen molar-refractivity contribution >= 4 is 11.6 Å². The number of methoxy groups -OCH3 is 1. The second-order valence-electron chi connectivity index (χ2n) is 4.69. The molecule has 0 aliphatic carbocycles. The number of nitrogens with one attached hydrogen (secondary N) is 1. The Morgan fingerprint density at radius 3 is 2.58 bits per heavy atom. The zero-order chi connectivity index (χ0) is 14.3. The monoisotopic (exact) mass is 284 g/mol. The normalized spacial score (nSPS) is 12.7. The van der Waals surface area contributed by atoms with Crippen LogP contribution in [0.4, 0.5) is 0 Å². The lowest BCUT2D eigenvalue weighted by Gasteiger charge is -2.24. The summed E-state index contributed by atoms with van der Waals surface area (Å²) in [7, 11) is 1.68. The molecule has 0 saturated heterocycles. The summed E-state index contributed by atoms with van der Waals surface area (Å²) < 4.78 is 5.35. The Labute approximate surface area is 121 Å². The molecule has 0 radical (unpaired) electrons. The van der Waals surface area contributed by atoms with Gasteiger partial charge in [-0.3, -0.25) is 0 Å². The van der Waals surface area contributed by atoms with Crippen LogP contribution < -0.4 is 10.1 Å². The quantitative estimate of drug-likeness (QED) is 0.794. The summed E-state index contributed by atoms with van der Waals surface area (Å²) in [6.07, 6.45) is 0. The third-order valence-electron chi connectivity index (χ3n) is 3.35. The number of hydrogen-bond acceptors (Lipinski definition) is 3. The van der Waals surface area contributed by atoms with Crippen LogP contribution in [0.3, 0.4) is 0 Å². The van der Waals surface area contributed by atoms with E-state index in [0.717, 1.165) is 42.5 Å². The number of hydrogen-bond donors (Lipinski definition) is 1. The minimum atomic E-state index is 0.417. The lowest BCUT2D eigenvalue weighted by atomic mass is 10.2. The van der Waals surface area contributed by atoms with E-state index in [1.165, 1.54) is 0 Å². The van der Waals surface area contributed by atoms with Gasteiger partial charge in [0.2, 0.25) is 0 Å². The summed E-state index contributed by atoms with van der Waals surface area (Å²) in [6, 6.07) is 6.17. The fraction of sp³-hybridized carbons (Fsp3) is 0.600. The molecule has 0 bridgehead atoms. The number of benzene rings is 1. The second-order valence-corrected chi connectivity index (χ2v) is 5.10. The molecular weight excluding hydrogens is 260 g/mol. The van der Waals surface area contributed by atoms with Crippen molar-refractivity contribution in [3.8, 4) is 5.75 Å². The first-order valence-corrected chi connectivity index (χ1v) is 7.27. The molecule has 0 aliphatic heterocycles. The maximum Gasteiger partial charge on any atom is 0.124 e. The molecule has 0 fully saturated rings. The Hall–Kier alpha value is -0.770. The van der Waals surface area contributed by atoms with Gasteiger partial charge in [-0.25, -0.2) is 0 Å². The molecule has 3 nitrogen and oxygen atoms in total. The SMILES string of the molecule is CCN(CC)CC(C)NCc1c(Cl)cccc1OC. The summed E-state index contributed by atoms with van der Waals surface area (Å²) in [6.45, 7) is 10.5. The van der Waals surface area contributed by atoms with Gasteiger partial charge in [-0.05, 0) is 32.1 Å². The fourth-order valence-electron chi connectivity index (χ4n) is 2.11. The number of halogens is 1. The van der Waals surface area contributed by atoms with Crippen LogP contribution in [0.25, 0.3) is 0 Å². The van der Waals surface area contributed by atoms with E-state index >= 15 is 0 Å². The highest BCUT2D eigenvalue weighted by Crippen LogP contribution is 2.25. The lowest BCUT2D eigenvalue weighted by Crippen LogP contribution is -2.38. The van der Waals surface area contributed by atoms with Crippen LogP contribution in [0.15, 0.2) is 18.2 Å². The number of ether oxygens (including phenoxy) is 1. The van der Waals surface area contributed by atoms with E-state index in [2.05, 4.69) is 31.0 Å². The molecule has 1 N–H and O–H groups in total. The van der Waals surface area contributed by atoms with Gasteiger partial charge < -0.3 is 15.0 Å². The lowest BCUT2D eigenvalue weighted by molar-refractivity contribution is 0.270. The van der Waals surface area contributed by atoms with Gasteiger partial charge in [0.25, 0.3) is 0 Å². The van der Waals surface area contributed by atoms with E-state index in [1.54, 1.807) is 7.11 Å². The smallest absolute Gasteiger partial charge is 0.124 e. The Kier molecular flexibility index (Phi) is 7.21. The van der Waals surface area contributed by atoms with E-state index in [-0.39, 0.29) is 0 Å². The molecule has 1 aromatic rings. The average molecular weight is 285 g/mol. The van der Waals surface area contributed by atoms with Crippen LogP contribution in [0, 0.1) is 0 Å². The van der Waals surface area contributed by atoms with Gasteiger partial charge >= 0.3 is 0 Å². The summed E-state index contributed by atoms with van der Waals surface area (Å²) in [5, 5.41) is 4.26. The molecule has 108 valence electrons. The maximum atomic E-state index is 6.22. The standard InChI is InChI=1S/C15H25ClN2O/c1-5-18(6-2)11-12(3)17-10-13-14(16)8-7-9-15(13)19-4/h7-9,12,17H,5-6,10-11H2,1-4H3. The van der Waals surface area contributed by atoms with Crippen molar-refractivity contribution in [3.63, 3.8) is 0 Å². The van der Waals surface area contributed by atoms with Crippen molar-refractivity contribution in [1.82, 2.24) is 10.2 Å². The molecule has 1 rings (SSSR count). The van der Waals surface area contributed by atoms with Crippen LogP contribution >= 0.6 is 11.6 Å². The summed E-state index contributed by atoms with van der Waals surface area (Å²) >= 11 is 6.22. The van der Waals surface area contributed by atoms with Gasteiger partial charge in [0.1, 0.15) is 5.75 Å². The van der Waals surface area contributed by atoms with Crippen molar-refractivity contribution in [2.24, 2.45) is 0 Å². The fourth-order valence-corrected chi connectivity index (χ4v) is 2.34. The van der Waals surface area contributed by atoms with E-state index in [4.69, 9.17) is 16.3 Å². The molecule has 0 amide bonds. The molecule has 0 heterocycles. The highest BCUT2D eigenvalue weighted by Gasteiger charge is 2.10. The van der Waals surface area contributed by atoms with Crippen molar-refractivity contribution in [3.05, 3.63) is 28.8 Å². The summed E-state index contributed by atoms with van der Waals surface area (Å²) in [5.41, 5.74) is 1.03. The van der Waals surface area contributed by atoms with Crippen LogP contribution in [-0.2, 0) is 6.54 Å². The molecular formula is C15H25ClN2O. The minimum absolute atomic E-state index is 0.417. The van der Waals surface area contributed by atoms with Gasteiger partial charge in [0.05, 0.1) is 7.11 Å². The zero-order valence-electron chi connectivity index (χ0n) is 12.4. The van der Waals surface area contributed by atoms with Gasteiger partial charge in [-0.15, -0.1) is 0 Å². The van der Waals surface area contributed by atoms with Gasteiger partial charge in [0.15, 0.2) is 0 Å². The Morgan fingerprint density at radius 1 is 1.32 bits per heavy atom. The highest BCUT2D eigenvalue weighted by atomic mass is 35.5. The van der Waals surface area contributed by atoms with Gasteiger partial charge in [0, 0.05) is 29.7 Å². The van der Waals surface area contributed by atoms with E-state index in [9.17, 15) is 0 Å². The molecule has 0 aliphatic rings. The zero-order valence-corrected chi connectivity index (χ0v) is 13.1. The minimum Gasteiger partial charge on any atom is -0.496 e. The first kappa shape index (κ1) is 16.3. The predicted octanol–water partition coefficient (Wildman–Crippen LogP) is 3.17. The average Bonchev–Trinajstić information content (AvgIpc) is 2.43. The third kappa shape index (κ3) is 5.01. The maximum absolute atomic E-state index is 6.22. The molecule has 1 aromatic carbocycles. The topological polar surface area (TPSA) is 24.5 Å². The summed E-state index contributed by atoms with van der Waals surface area (Å²) in [5.74, 6) is 0.843. The first-order valence-electron chi connectivity index (χ1n) is 6.89. The molecule has 0 spiro atoms. The highest BCUT2D eigenvalue weighted by molar-refractivity contribution is 6.31. The molecule has 1 unspecified atom stereocenters. The van der Waals surface area contributed by atoms with Crippen molar-refractivity contribution < 1.29 is 4.74 Å². The molecule has 0 saturated carbocycles. The van der Waals surface area contributed by atoms with Crippen LogP contribution in [0.1, 0.15) is 26.3 Å². The van der Waals surface area contributed by atoms with E-state index < -0.39 is 0 Å². The largest absolute Gasteiger partial charge is 0.496 e. The summed E-state index contributed by atoms with van der Waals surface area (Å²) in [4.78, 5) is 2.40. The number of nitrogens with zero attached hydrogens (tertiary/aromatic N) is 1. The Bertz CT molecular complexity index is 380. The van der Waals surface area contributed by atoms with Crippen molar-refractivity contribution in [1.29, 1.82) is 0 Å². The van der Waals surface area contributed by atoms with Crippen LogP contribution in [-0.4, -0.2) is 37.7 Å². The first-order chi connectivity index (χ1) is 9.12. The van der Waals surface area contributed by atoms with Crippen molar-refractivity contribution in [2.45, 2.75) is 33.4 Å². The van der Waals surface area contributed by atoms with E-state index in [0.29, 0.717) is 6.04 Å². The predicted molar refractivity (Wildman–Crippen MR) is 82.1 cm³/mol. The van der Waals surface area contributed by atoms with Crippen molar-refractivity contribution in [2.75, 3.05) is 26.7 Å². The number of rotatable bonds is 8.